The van der Waals surface area contributed by atoms with E-state index in [4.69, 9.17) is 19.9 Å². The minimum absolute atomic E-state index is 0.0921. The standard InChI is InChI=1S/C40H58N4O8/c1-22-12-29-34(42-10-11-43-40-19-26-15-27(20-40)17-28(16-26)21-40)31(45)18-30(36(29)47)44-38(48)23(2)8-7-9-32(50-5)37(52-39(41)49)25(4)14-24(3)35(46)33(13-22)51-6/h7-9,14,18,22,24,26-28,32-33,35,37,42-43,46H,10-13,15-17,19-21H2,1-6H3,(H2,41,49)(H,44,48)/b9-7-,23-8+,25-14+/t22-,24+,26?,27?,28?,32+,33+,35-,37+,40?/m1/s1. The Morgan fingerprint density at radius 2 is 1.65 bits per heavy atom. The first-order valence-corrected chi connectivity index (χ1v) is 18.8. The SMILES string of the molecule is CO[C@H]1/C=C\C=C(/C)C(=O)NC2=CC(=O)C(NCCNC34CC5CC(CC(C5)C3)C4)=C(C[C@@H](C)C[C@H](OC)[C@H](O)[C@@H](C)/C=C(\C)[C@@H]1OC(N)=O)C2=O. The van der Waals surface area contributed by atoms with Gasteiger partial charge in [0.25, 0.3) is 5.91 Å². The third-order valence-corrected chi connectivity index (χ3v) is 11.8. The molecule has 6 rings (SSSR count). The maximum absolute atomic E-state index is 14.1. The van der Waals surface area contributed by atoms with Gasteiger partial charge in [-0.15, -0.1) is 0 Å². The van der Waals surface area contributed by atoms with Crippen molar-refractivity contribution in [2.45, 2.75) is 109 Å². The van der Waals surface area contributed by atoms with Crippen LogP contribution in [0.4, 0.5) is 4.79 Å². The number of nitrogens with one attached hydrogen (secondary N) is 3. The molecule has 12 heteroatoms. The normalized spacial score (nSPS) is 38.5. The van der Waals surface area contributed by atoms with Crippen molar-refractivity contribution >= 4 is 23.6 Å². The van der Waals surface area contributed by atoms with Crippen LogP contribution in [-0.4, -0.2) is 85.9 Å². The van der Waals surface area contributed by atoms with Gasteiger partial charge >= 0.3 is 6.09 Å². The molecule has 0 spiro atoms. The van der Waals surface area contributed by atoms with E-state index in [2.05, 4.69) is 16.0 Å². The summed E-state index contributed by atoms with van der Waals surface area (Å²) in [5.41, 5.74) is 6.90. The number of fused-ring (bicyclic) bond motifs is 2. The van der Waals surface area contributed by atoms with E-state index in [-0.39, 0.29) is 40.6 Å². The third-order valence-electron chi connectivity index (χ3n) is 11.8. The lowest BCUT2D eigenvalue weighted by Gasteiger charge is -2.57. The fraction of sp³-hybridized carbons (Fsp3) is 0.650. The number of hydrogen-bond donors (Lipinski definition) is 5. The average Bonchev–Trinajstić information content (AvgIpc) is 3.08. The van der Waals surface area contributed by atoms with Gasteiger partial charge in [0, 0.05) is 56.0 Å². The van der Waals surface area contributed by atoms with E-state index < -0.39 is 48.1 Å². The van der Waals surface area contributed by atoms with Gasteiger partial charge in [0.15, 0.2) is 6.10 Å². The lowest BCUT2D eigenvalue weighted by atomic mass is 9.53. The molecule has 4 fully saturated rings. The number of methoxy groups -OCH3 is 2. The summed E-state index contributed by atoms with van der Waals surface area (Å²) < 4.78 is 16.8. The molecule has 0 saturated heterocycles. The lowest BCUT2D eigenvalue weighted by Crippen LogP contribution is -2.59. The van der Waals surface area contributed by atoms with Gasteiger partial charge in [-0.2, -0.15) is 0 Å². The Hall–Kier alpha value is -3.58. The Balaban J connectivity index is 1.39. The summed E-state index contributed by atoms with van der Waals surface area (Å²) in [4.78, 5) is 52.8. The van der Waals surface area contributed by atoms with Crippen LogP contribution in [0.25, 0.3) is 0 Å². The van der Waals surface area contributed by atoms with Gasteiger partial charge in [-0.25, -0.2) is 4.79 Å². The second kappa shape index (κ2) is 17.0. The highest BCUT2D eigenvalue weighted by molar-refractivity contribution is 6.23. The minimum atomic E-state index is -0.991. The van der Waals surface area contributed by atoms with Gasteiger partial charge in [-0.05, 0) is 94.5 Å². The molecule has 52 heavy (non-hydrogen) atoms. The van der Waals surface area contributed by atoms with Crippen molar-refractivity contribution < 1.29 is 38.5 Å². The molecule has 6 aliphatic rings. The molecule has 0 unspecified atom stereocenters. The van der Waals surface area contributed by atoms with Gasteiger partial charge in [0.2, 0.25) is 11.6 Å². The number of aliphatic hydroxyl groups is 1. The fourth-order valence-corrected chi connectivity index (χ4v) is 9.62. The van der Waals surface area contributed by atoms with Crippen LogP contribution in [-0.2, 0) is 28.6 Å². The van der Waals surface area contributed by atoms with E-state index in [1.807, 2.05) is 13.8 Å². The maximum atomic E-state index is 14.1. The molecule has 6 atom stereocenters. The molecule has 5 aliphatic carbocycles. The summed E-state index contributed by atoms with van der Waals surface area (Å²) >= 11 is 0. The summed E-state index contributed by atoms with van der Waals surface area (Å²) in [6, 6.07) is 0. The molecule has 6 N–H and O–H groups in total. The molecular formula is C40H58N4O8. The van der Waals surface area contributed by atoms with Gasteiger partial charge in [-0.1, -0.05) is 38.2 Å². The topological polar surface area (TPSA) is 178 Å². The van der Waals surface area contributed by atoms with Gasteiger partial charge in [-0.3, -0.25) is 14.4 Å². The summed E-state index contributed by atoms with van der Waals surface area (Å²) in [5.74, 6) is 0.455. The van der Waals surface area contributed by atoms with E-state index >= 15 is 0 Å². The Morgan fingerprint density at radius 3 is 2.25 bits per heavy atom. The van der Waals surface area contributed by atoms with Crippen molar-refractivity contribution in [3.05, 3.63) is 58.5 Å². The zero-order valence-corrected chi connectivity index (χ0v) is 31.5. The Morgan fingerprint density at radius 1 is 1.00 bits per heavy atom. The van der Waals surface area contributed by atoms with Crippen LogP contribution in [0.3, 0.4) is 0 Å². The second-order valence-electron chi connectivity index (χ2n) is 16.0. The highest BCUT2D eigenvalue weighted by Gasteiger charge is 2.50. The van der Waals surface area contributed by atoms with E-state index in [0.717, 1.165) is 17.8 Å². The molecular weight excluding hydrogens is 664 g/mol. The fourth-order valence-electron chi connectivity index (χ4n) is 9.62. The zero-order valence-electron chi connectivity index (χ0n) is 31.5. The summed E-state index contributed by atoms with van der Waals surface area (Å²) in [6.45, 7) is 8.26. The van der Waals surface area contributed by atoms with Crippen LogP contribution >= 0.6 is 0 Å². The maximum Gasteiger partial charge on any atom is 0.405 e. The smallest absolute Gasteiger partial charge is 0.405 e. The Kier molecular flexibility index (Phi) is 13.0. The molecule has 0 aromatic heterocycles. The van der Waals surface area contributed by atoms with Crippen molar-refractivity contribution in [2.75, 3.05) is 27.3 Å². The monoisotopic (exact) mass is 722 g/mol. The summed E-state index contributed by atoms with van der Waals surface area (Å²) in [6.07, 6.45) is 11.8. The molecule has 12 nitrogen and oxygen atoms in total. The molecule has 1 heterocycles. The molecule has 4 saturated carbocycles. The first-order valence-electron chi connectivity index (χ1n) is 18.8. The number of ether oxygens (including phenoxy) is 3. The van der Waals surface area contributed by atoms with Crippen LogP contribution in [0.1, 0.15) is 79.1 Å². The highest BCUT2D eigenvalue weighted by Crippen LogP contribution is 2.55. The van der Waals surface area contributed by atoms with Crippen LogP contribution in [0.15, 0.2) is 58.5 Å². The average molecular weight is 723 g/mol. The van der Waals surface area contributed by atoms with E-state index in [9.17, 15) is 24.3 Å². The van der Waals surface area contributed by atoms with Crippen LogP contribution < -0.4 is 21.7 Å². The predicted molar refractivity (Wildman–Crippen MR) is 196 cm³/mol. The number of hydrogen-bond acceptors (Lipinski definition) is 10. The van der Waals surface area contributed by atoms with E-state index in [1.54, 1.807) is 32.1 Å². The molecule has 0 aromatic carbocycles. The third kappa shape index (κ3) is 9.31. The van der Waals surface area contributed by atoms with Crippen LogP contribution in [0, 0.1) is 29.6 Å². The molecule has 2 amide bonds. The quantitative estimate of drug-likeness (QED) is 0.140. The molecule has 0 aromatic rings. The number of nitrogens with two attached hydrogens (primary N) is 1. The molecule has 6 bridgehead atoms. The summed E-state index contributed by atoms with van der Waals surface area (Å²) in [5, 5.41) is 21.3. The number of amides is 2. The van der Waals surface area contributed by atoms with Crippen molar-refractivity contribution in [1.29, 1.82) is 0 Å². The largest absolute Gasteiger partial charge is 0.439 e. The van der Waals surface area contributed by atoms with Gasteiger partial charge in [0.1, 0.15) is 6.10 Å². The molecule has 286 valence electrons. The highest BCUT2D eigenvalue weighted by atomic mass is 16.6. The van der Waals surface area contributed by atoms with Crippen molar-refractivity contribution in [1.82, 2.24) is 16.0 Å². The first-order chi connectivity index (χ1) is 24.7. The van der Waals surface area contributed by atoms with Crippen molar-refractivity contribution in [2.24, 2.45) is 35.3 Å². The van der Waals surface area contributed by atoms with Gasteiger partial charge in [0.05, 0.1) is 23.6 Å². The molecule has 1 aliphatic heterocycles. The summed E-state index contributed by atoms with van der Waals surface area (Å²) in [7, 11) is 2.97. The number of aliphatic hydroxyl groups excluding tert-OH is 1. The number of Topliss-reactive ketones (excluding diaryl/α,β-unsaturated/α-hetero) is 1. The first kappa shape index (κ1) is 39.6. The minimum Gasteiger partial charge on any atom is -0.439 e. The van der Waals surface area contributed by atoms with E-state index in [0.29, 0.717) is 30.7 Å². The Labute approximate surface area is 307 Å². The molecule has 0 radical (unpaired) electrons. The Bertz CT molecular complexity index is 1510. The second-order valence-corrected chi connectivity index (χ2v) is 16.0. The number of rotatable bonds is 8. The predicted octanol–water partition coefficient (Wildman–Crippen LogP) is 3.91. The number of primary amides is 1. The van der Waals surface area contributed by atoms with Crippen LogP contribution in [0.2, 0.25) is 0 Å². The van der Waals surface area contributed by atoms with E-state index in [1.165, 1.54) is 64.9 Å². The van der Waals surface area contributed by atoms with Crippen molar-refractivity contribution in [3.8, 4) is 0 Å². The van der Waals surface area contributed by atoms with Gasteiger partial charge < -0.3 is 41.0 Å². The lowest BCUT2D eigenvalue weighted by molar-refractivity contribution is -0.120. The zero-order chi connectivity index (χ0) is 37.7. The van der Waals surface area contributed by atoms with Crippen LogP contribution in [0.5, 0.6) is 0 Å². The number of ketones is 2. The van der Waals surface area contributed by atoms with Crippen molar-refractivity contribution in [3.63, 3.8) is 0 Å². The number of allylic oxidation sites excluding steroid dienone is 4. The number of carbonyl (C=O) groups excluding carboxylic acids is 4. The number of carbonyl (C=O) groups is 4.